The molecule has 8 nitrogen and oxygen atoms in total. The molecule has 5 fully saturated rings. The Morgan fingerprint density at radius 2 is 1.66 bits per heavy atom. The molecule has 6 rings (SSSR count). The molecule has 0 aliphatic heterocycles. The topological polar surface area (TPSA) is 122 Å². The van der Waals surface area contributed by atoms with Crippen LogP contribution >= 0.6 is 0 Å². The Morgan fingerprint density at radius 1 is 0.976 bits per heavy atom. The molecular weight excluding hydrogens is 542 g/mol. The summed E-state index contributed by atoms with van der Waals surface area (Å²) < 4.78 is 38.7. The molecule has 0 heterocycles. The molecule has 41 heavy (non-hydrogen) atoms. The largest absolute Gasteiger partial charge is 0.490 e. The molecule has 5 aliphatic carbocycles. The fraction of sp³-hybridized carbons (Fsp3) is 0.781. The summed E-state index contributed by atoms with van der Waals surface area (Å²) in [5.41, 5.74) is 0.237. The molecular formula is C32H47NO7S. The molecule has 3 N–H and O–H groups in total. The summed E-state index contributed by atoms with van der Waals surface area (Å²) in [5.74, 6) is 2.60. The van der Waals surface area contributed by atoms with Crippen molar-refractivity contribution < 1.29 is 32.9 Å². The molecule has 0 bridgehead atoms. The van der Waals surface area contributed by atoms with Crippen molar-refractivity contribution in [3.8, 4) is 5.75 Å². The van der Waals surface area contributed by atoms with Crippen molar-refractivity contribution in [1.29, 1.82) is 0 Å². The first-order valence-corrected chi connectivity index (χ1v) is 17.2. The van der Waals surface area contributed by atoms with Crippen LogP contribution in [0.4, 0.5) is 4.79 Å². The summed E-state index contributed by atoms with van der Waals surface area (Å²) in [6.07, 6.45) is 8.50. The molecule has 0 aromatic heterocycles. The maximum Gasteiger partial charge on any atom is 0.421 e. The molecule has 1 amide bonds. The Morgan fingerprint density at radius 3 is 2.37 bits per heavy atom. The smallest absolute Gasteiger partial charge is 0.421 e. The van der Waals surface area contributed by atoms with Gasteiger partial charge in [0.1, 0.15) is 5.75 Å². The number of hydrogen-bond acceptors (Lipinski definition) is 7. The van der Waals surface area contributed by atoms with Gasteiger partial charge in [0.05, 0.1) is 29.8 Å². The quantitative estimate of drug-likeness (QED) is 0.396. The van der Waals surface area contributed by atoms with Crippen LogP contribution in [0.15, 0.2) is 29.2 Å². The highest BCUT2D eigenvalue weighted by Crippen LogP contribution is 2.68. The minimum Gasteiger partial charge on any atom is -0.490 e. The number of hydrogen-bond donors (Lipinski definition) is 3. The van der Waals surface area contributed by atoms with Gasteiger partial charge in [-0.2, -0.15) is 0 Å². The second kappa shape index (κ2) is 10.7. The van der Waals surface area contributed by atoms with Gasteiger partial charge >= 0.3 is 6.09 Å². The third kappa shape index (κ3) is 5.40. The number of aliphatic hydroxyl groups excluding tert-OH is 2. The minimum absolute atomic E-state index is 0.0111. The van der Waals surface area contributed by atoms with Crippen molar-refractivity contribution in [1.82, 2.24) is 4.72 Å². The fourth-order valence-electron chi connectivity index (χ4n) is 9.77. The Balaban J connectivity index is 1.06. The second-order valence-electron chi connectivity index (χ2n) is 14.4. The number of amides is 1. The van der Waals surface area contributed by atoms with E-state index in [1.807, 2.05) is 0 Å². The number of carbonyl (C=O) groups excluding carboxylic acids is 1. The van der Waals surface area contributed by atoms with E-state index in [0.717, 1.165) is 64.2 Å². The van der Waals surface area contributed by atoms with Gasteiger partial charge in [0.2, 0.25) is 0 Å². The maximum atomic E-state index is 12.7. The summed E-state index contributed by atoms with van der Waals surface area (Å²) in [7, 11) is -4.05. The zero-order valence-electron chi connectivity index (χ0n) is 24.6. The lowest BCUT2D eigenvalue weighted by atomic mass is 9.43. The number of carbonyl (C=O) groups is 1. The highest BCUT2D eigenvalue weighted by Gasteiger charge is 2.62. The lowest BCUT2D eigenvalue weighted by molar-refractivity contribution is -0.174. The molecule has 0 saturated heterocycles. The zero-order valence-corrected chi connectivity index (χ0v) is 25.4. The van der Waals surface area contributed by atoms with Gasteiger partial charge in [0, 0.05) is 0 Å². The van der Waals surface area contributed by atoms with Gasteiger partial charge in [-0.25, -0.2) is 17.9 Å². The summed E-state index contributed by atoms with van der Waals surface area (Å²) in [5, 5.41) is 21.8. The third-order valence-corrected chi connectivity index (χ3v) is 13.4. The summed E-state index contributed by atoms with van der Waals surface area (Å²) in [6, 6.07) is 6.08. The van der Waals surface area contributed by atoms with Gasteiger partial charge in [0.25, 0.3) is 10.0 Å². The van der Waals surface area contributed by atoms with E-state index >= 15 is 0 Å². The van der Waals surface area contributed by atoms with Crippen molar-refractivity contribution >= 4 is 16.1 Å². The zero-order chi connectivity index (χ0) is 29.2. The van der Waals surface area contributed by atoms with Crippen LogP contribution in [0, 0.1) is 46.3 Å². The molecule has 5 saturated carbocycles. The number of sulfonamides is 1. The van der Waals surface area contributed by atoms with E-state index in [2.05, 4.69) is 25.5 Å². The first-order chi connectivity index (χ1) is 19.4. The second-order valence-corrected chi connectivity index (χ2v) is 16.1. The van der Waals surface area contributed by atoms with Gasteiger partial charge in [-0.15, -0.1) is 0 Å². The van der Waals surface area contributed by atoms with E-state index in [1.54, 1.807) is 12.1 Å². The van der Waals surface area contributed by atoms with Crippen LogP contribution in [-0.2, 0) is 14.8 Å². The number of ether oxygens (including phenoxy) is 2. The van der Waals surface area contributed by atoms with Crippen LogP contribution in [0.1, 0.15) is 85.0 Å². The van der Waals surface area contributed by atoms with E-state index in [1.165, 1.54) is 12.1 Å². The lowest BCUT2D eigenvalue weighted by Crippen LogP contribution is -2.58. The van der Waals surface area contributed by atoms with E-state index in [-0.39, 0.29) is 52.5 Å². The summed E-state index contributed by atoms with van der Waals surface area (Å²) in [6.45, 7) is 7.04. The molecule has 5 aliphatic rings. The standard InChI is InChI=1S/C32H47NO7S/c1-19(18-39-30(36)33-41(37,38)24-8-6-23(7-9-24)40-22-4-5-22)25-10-11-26-29-27(13-15-32(25,26)3)31(2)14-12-21(34)16-20(31)17-28(29)35/h6-9,19-22,25-29,34-35H,4-5,10-18H2,1-3H3,(H,33,36)/t19-,20+,21-,25-,26+,27+,28-,29+,31+,32-/m1/s1. The predicted molar refractivity (Wildman–Crippen MR) is 154 cm³/mol. The number of nitrogens with one attached hydrogen (secondary N) is 1. The fourth-order valence-corrected chi connectivity index (χ4v) is 10.7. The van der Waals surface area contributed by atoms with Gasteiger partial charge < -0.3 is 19.7 Å². The van der Waals surface area contributed by atoms with E-state index < -0.39 is 16.1 Å². The van der Waals surface area contributed by atoms with Crippen LogP contribution in [0.2, 0.25) is 0 Å². The van der Waals surface area contributed by atoms with E-state index in [0.29, 0.717) is 29.4 Å². The molecule has 1 aromatic carbocycles. The molecule has 9 heteroatoms. The Hall–Kier alpha value is -1.84. The molecule has 0 radical (unpaired) electrons. The monoisotopic (exact) mass is 589 g/mol. The normalized spacial score (nSPS) is 41.0. The van der Waals surface area contributed by atoms with E-state index in [4.69, 9.17) is 9.47 Å². The molecule has 1 aromatic rings. The van der Waals surface area contributed by atoms with Crippen molar-refractivity contribution in [2.24, 2.45) is 46.3 Å². The average Bonchev–Trinajstić information content (AvgIpc) is 3.66. The molecule has 0 spiro atoms. The number of benzene rings is 1. The highest BCUT2D eigenvalue weighted by atomic mass is 32.2. The van der Waals surface area contributed by atoms with Crippen LogP contribution in [0.3, 0.4) is 0 Å². The van der Waals surface area contributed by atoms with Gasteiger partial charge in [-0.05, 0) is 135 Å². The highest BCUT2D eigenvalue weighted by molar-refractivity contribution is 7.90. The predicted octanol–water partition coefficient (Wildman–Crippen LogP) is 5.27. The van der Waals surface area contributed by atoms with E-state index in [9.17, 15) is 23.4 Å². The number of aliphatic hydroxyl groups is 2. The Bertz CT molecular complexity index is 1230. The third-order valence-electron chi connectivity index (χ3n) is 12.1. The molecule has 10 atom stereocenters. The average molecular weight is 590 g/mol. The maximum absolute atomic E-state index is 12.7. The van der Waals surface area contributed by atoms with Crippen LogP contribution in [-0.4, -0.2) is 49.6 Å². The Kier molecular flexibility index (Phi) is 7.63. The van der Waals surface area contributed by atoms with Gasteiger partial charge in [0.15, 0.2) is 0 Å². The first-order valence-electron chi connectivity index (χ1n) is 15.7. The van der Waals surface area contributed by atoms with Gasteiger partial charge in [-0.3, -0.25) is 0 Å². The van der Waals surface area contributed by atoms with Gasteiger partial charge in [-0.1, -0.05) is 20.8 Å². The molecule has 0 unspecified atom stereocenters. The summed E-state index contributed by atoms with van der Waals surface area (Å²) >= 11 is 0. The number of fused-ring (bicyclic) bond motifs is 5. The SMILES string of the molecule is C[C@H](COC(=O)NS(=O)(=O)c1ccc(OC2CC2)cc1)[C@H]1CC[C@H]2[C@@H]3[C@H](O)C[C@@H]4C[C@H](O)CC[C@]4(C)[C@H]3CC[C@]12C. The van der Waals surface area contributed by atoms with Crippen LogP contribution in [0.5, 0.6) is 5.75 Å². The van der Waals surface area contributed by atoms with Crippen molar-refractivity contribution in [2.45, 2.75) is 108 Å². The summed E-state index contributed by atoms with van der Waals surface area (Å²) in [4.78, 5) is 12.6. The Labute approximate surface area is 244 Å². The number of rotatable bonds is 7. The van der Waals surface area contributed by atoms with Crippen molar-refractivity contribution in [3.63, 3.8) is 0 Å². The minimum atomic E-state index is -4.05. The van der Waals surface area contributed by atoms with Crippen molar-refractivity contribution in [2.75, 3.05) is 6.61 Å². The first kappa shape index (κ1) is 29.2. The van der Waals surface area contributed by atoms with Crippen LogP contribution in [0.25, 0.3) is 0 Å². The lowest BCUT2D eigenvalue weighted by Gasteiger charge is -2.62. The van der Waals surface area contributed by atoms with Crippen LogP contribution < -0.4 is 9.46 Å². The van der Waals surface area contributed by atoms with Crippen molar-refractivity contribution in [3.05, 3.63) is 24.3 Å². The molecule has 228 valence electrons.